The van der Waals surface area contributed by atoms with Gasteiger partial charge in [-0.25, -0.2) is 4.79 Å². The van der Waals surface area contributed by atoms with Gasteiger partial charge in [-0.1, -0.05) is 30.3 Å². The van der Waals surface area contributed by atoms with Crippen molar-refractivity contribution >= 4 is 17.1 Å². The van der Waals surface area contributed by atoms with Crippen LogP contribution in [0.5, 0.6) is 5.75 Å². The minimum Gasteiger partial charge on any atom is -0.504 e. The normalized spacial score (nSPS) is 14.2. The number of nitrogens with zero attached hydrogens (tertiary/aromatic N) is 1. The number of furan rings is 1. The lowest BCUT2D eigenvalue weighted by molar-refractivity contribution is 0.0220. The number of rotatable bonds is 2. The Kier molecular flexibility index (Phi) is 4.53. The van der Waals surface area contributed by atoms with E-state index in [0.29, 0.717) is 25.1 Å². The fourth-order valence-corrected chi connectivity index (χ4v) is 3.64. The monoisotopic (exact) mass is 379 g/mol. The fraction of sp³-hybridized carbons (Fsp3) is 0.348. The quantitative estimate of drug-likeness (QED) is 0.679. The molecular formula is C23H25NO4. The molecular weight excluding hydrogens is 354 g/mol. The molecule has 28 heavy (non-hydrogen) atoms. The first-order valence-electron chi connectivity index (χ1n) is 9.58. The number of hydrogen-bond donors (Lipinski definition) is 1. The molecule has 0 saturated heterocycles. The van der Waals surface area contributed by atoms with E-state index < -0.39 is 5.60 Å². The van der Waals surface area contributed by atoms with Gasteiger partial charge in [0.25, 0.3) is 0 Å². The third kappa shape index (κ3) is 3.70. The minimum absolute atomic E-state index is 0.140. The van der Waals surface area contributed by atoms with Gasteiger partial charge >= 0.3 is 6.09 Å². The molecule has 0 aliphatic carbocycles. The number of benzene rings is 2. The van der Waals surface area contributed by atoms with E-state index in [1.54, 1.807) is 11.0 Å². The highest BCUT2D eigenvalue weighted by atomic mass is 16.6. The molecule has 5 heteroatoms. The van der Waals surface area contributed by atoms with Crippen LogP contribution >= 0.6 is 0 Å². The zero-order valence-corrected chi connectivity index (χ0v) is 16.5. The molecule has 1 N–H and O–H groups in total. The van der Waals surface area contributed by atoms with E-state index in [1.165, 1.54) is 5.56 Å². The maximum atomic E-state index is 12.5. The second-order valence-corrected chi connectivity index (χ2v) is 8.31. The summed E-state index contributed by atoms with van der Waals surface area (Å²) in [6.45, 7) is 6.55. The fourth-order valence-electron chi connectivity index (χ4n) is 3.64. The van der Waals surface area contributed by atoms with Crippen molar-refractivity contribution in [1.29, 1.82) is 0 Å². The summed E-state index contributed by atoms with van der Waals surface area (Å²) in [5.41, 5.74) is 3.10. The second kappa shape index (κ2) is 6.89. The van der Waals surface area contributed by atoms with E-state index in [0.717, 1.165) is 28.7 Å². The highest BCUT2D eigenvalue weighted by molar-refractivity contribution is 5.88. The third-order valence-electron chi connectivity index (χ3n) is 4.88. The summed E-state index contributed by atoms with van der Waals surface area (Å²) >= 11 is 0. The van der Waals surface area contributed by atoms with Crippen molar-refractivity contribution in [3.63, 3.8) is 0 Å². The minimum atomic E-state index is -0.531. The molecule has 0 spiro atoms. The van der Waals surface area contributed by atoms with Gasteiger partial charge in [0.2, 0.25) is 0 Å². The lowest BCUT2D eigenvalue weighted by Crippen LogP contribution is -2.39. The molecule has 1 amide bonds. The Bertz CT molecular complexity index is 1010. The molecule has 0 radical (unpaired) electrons. The predicted octanol–water partition coefficient (Wildman–Crippen LogP) is 5.02. The first kappa shape index (κ1) is 18.4. The standard InChI is InChI=1S/C23H25NO4/c1-23(2,3)28-22(26)24-10-9-20-18(14-24)17-12-16(13-19(25)21(17)27-20)11-15-7-5-4-6-8-15/h4-8,12-13,25H,9-11,14H2,1-3H3. The van der Waals surface area contributed by atoms with E-state index in [2.05, 4.69) is 18.2 Å². The van der Waals surface area contributed by atoms with Gasteiger partial charge < -0.3 is 19.2 Å². The smallest absolute Gasteiger partial charge is 0.410 e. The van der Waals surface area contributed by atoms with Crippen LogP contribution in [0.4, 0.5) is 4.79 Å². The van der Waals surface area contributed by atoms with Crippen molar-refractivity contribution in [3.8, 4) is 5.75 Å². The molecule has 0 atom stereocenters. The average Bonchev–Trinajstić information content (AvgIpc) is 3.00. The van der Waals surface area contributed by atoms with Gasteiger partial charge in [-0.3, -0.25) is 0 Å². The van der Waals surface area contributed by atoms with E-state index in [9.17, 15) is 9.90 Å². The molecule has 1 aliphatic heterocycles. The Hall–Kier alpha value is -2.95. The van der Waals surface area contributed by atoms with E-state index in [1.807, 2.05) is 39.0 Å². The van der Waals surface area contributed by atoms with Gasteiger partial charge in [0.15, 0.2) is 11.3 Å². The zero-order chi connectivity index (χ0) is 19.9. The molecule has 0 unspecified atom stereocenters. The lowest BCUT2D eigenvalue weighted by Gasteiger charge is -2.29. The van der Waals surface area contributed by atoms with Crippen molar-refractivity contribution in [3.05, 3.63) is 64.9 Å². The van der Waals surface area contributed by atoms with Crippen LogP contribution in [-0.2, 0) is 24.1 Å². The Morgan fingerprint density at radius 3 is 2.64 bits per heavy atom. The number of phenols is 1. The molecule has 146 valence electrons. The van der Waals surface area contributed by atoms with Crippen molar-refractivity contribution in [2.24, 2.45) is 0 Å². The summed E-state index contributed by atoms with van der Waals surface area (Å²) in [7, 11) is 0. The number of hydrogen-bond acceptors (Lipinski definition) is 4. The first-order valence-corrected chi connectivity index (χ1v) is 9.58. The van der Waals surface area contributed by atoms with Crippen LogP contribution in [0, 0.1) is 0 Å². The van der Waals surface area contributed by atoms with E-state index >= 15 is 0 Å². The predicted molar refractivity (Wildman–Crippen MR) is 107 cm³/mol. The molecule has 5 nitrogen and oxygen atoms in total. The van der Waals surface area contributed by atoms with Gasteiger partial charge in [0.1, 0.15) is 11.4 Å². The summed E-state index contributed by atoms with van der Waals surface area (Å²) in [5, 5.41) is 11.4. The van der Waals surface area contributed by atoms with Crippen LogP contribution in [0.3, 0.4) is 0 Å². The maximum absolute atomic E-state index is 12.5. The van der Waals surface area contributed by atoms with Crippen LogP contribution in [-0.4, -0.2) is 28.2 Å². The van der Waals surface area contributed by atoms with Gasteiger partial charge in [-0.2, -0.15) is 0 Å². The Morgan fingerprint density at radius 1 is 1.18 bits per heavy atom. The topological polar surface area (TPSA) is 62.9 Å². The van der Waals surface area contributed by atoms with Crippen LogP contribution in [0.15, 0.2) is 46.9 Å². The maximum Gasteiger partial charge on any atom is 0.410 e. The highest BCUT2D eigenvalue weighted by Gasteiger charge is 2.29. The summed E-state index contributed by atoms with van der Waals surface area (Å²) in [6, 6.07) is 14.0. The van der Waals surface area contributed by atoms with E-state index in [-0.39, 0.29) is 11.8 Å². The molecule has 0 saturated carbocycles. The molecule has 0 bridgehead atoms. The van der Waals surface area contributed by atoms with Crippen molar-refractivity contribution in [2.75, 3.05) is 6.54 Å². The molecule has 2 aromatic carbocycles. The third-order valence-corrected chi connectivity index (χ3v) is 4.88. The zero-order valence-electron chi connectivity index (χ0n) is 16.5. The number of fused-ring (bicyclic) bond motifs is 3. The van der Waals surface area contributed by atoms with Gasteiger partial charge in [0.05, 0.1) is 6.54 Å². The summed E-state index contributed by atoms with van der Waals surface area (Å²) in [5.74, 6) is 0.976. The Labute approximate surface area is 164 Å². The second-order valence-electron chi connectivity index (χ2n) is 8.31. The summed E-state index contributed by atoms with van der Waals surface area (Å²) in [4.78, 5) is 14.2. The van der Waals surface area contributed by atoms with E-state index in [4.69, 9.17) is 9.15 Å². The largest absolute Gasteiger partial charge is 0.504 e. The summed E-state index contributed by atoms with van der Waals surface area (Å²) in [6.07, 6.45) is 1.01. The van der Waals surface area contributed by atoms with Crippen LogP contribution in [0.25, 0.3) is 11.0 Å². The average molecular weight is 379 g/mol. The molecule has 2 heterocycles. The number of carbonyl (C=O) groups excluding carboxylic acids is 1. The van der Waals surface area contributed by atoms with Crippen LogP contribution < -0.4 is 0 Å². The first-order chi connectivity index (χ1) is 13.3. The number of ether oxygens (including phenoxy) is 1. The number of aromatic hydroxyl groups is 1. The lowest BCUT2D eigenvalue weighted by atomic mass is 9.99. The number of amides is 1. The molecule has 4 rings (SSSR count). The molecule has 3 aromatic rings. The Balaban J connectivity index is 1.66. The van der Waals surface area contributed by atoms with Crippen molar-refractivity contribution in [2.45, 2.75) is 45.8 Å². The van der Waals surface area contributed by atoms with Gasteiger partial charge in [-0.15, -0.1) is 0 Å². The molecule has 0 fully saturated rings. The van der Waals surface area contributed by atoms with Gasteiger partial charge in [0, 0.05) is 23.9 Å². The highest BCUT2D eigenvalue weighted by Crippen LogP contribution is 2.37. The Morgan fingerprint density at radius 2 is 1.93 bits per heavy atom. The SMILES string of the molecule is CC(C)(C)OC(=O)N1CCc2oc3c(O)cc(Cc4ccccc4)cc3c2C1. The van der Waals surface area contributed by atoms with Gasteiger partial charge in [-0.05, 0) is 50.5 Å². The number of phenolic OH excluding ortho intramolecular Hbond substituents is 1. The van der Waals surface area contributed by atoms with Crippen LogP contribution in [0.2, 0.25) is 0 Å². The number of carbonyl (C=O) groups is 1. The summed E-state index contributed by atoms with van der Waals surface area (Å²) < 4.78 is 11.4. The van der Waals surface area contributed by atoms with Crippen molar-refractivity contribution < 1.29 is 19.1 Å². The van der Waals surface area contributed by atoms with Crippen molar-refractivity contribution in [1.82, 2.24) is 4.90 Å². The molecule has 1 aromatic heterocycles. The van der Waals surface area contributed by atoms with Crippen LogP contribution in [0.1, 0.15) is 43.2 Å². The molecule has 1 aliphatic rings.